The van der Waals surface area contributed by atoms with E-state index in [0.29, 0.717) is 46.3 Å². The predicted octanol–water partition coefficient (Wildman–Crippen LogP) is 6.08. The van der Waals surface area contributed by atoms with Crippen LogP contribution in [0, 0.1) is 0 Å². The maximum atomic E-state index is 13.1. The summed E-state index contributed by atoms with van der Waals surface area (Å²) >= 11 is 25.7. The number of nitrogens with one attached hydrogen (secondary N) is 4. The fraction of sp³-hybridized carbons (Fsp3) is 0.444. The topological polar surface area (TPSA) is 177 Å². The molecule has 0 fully saturated rings. The van der Waals surface area contributed by atoms with Crippen LogP contribution >= 0.6 is 46.4 Å². The first-order valence-corrected chi connectivity index (χ1v) is 25.9. The van der Waals surface area contributed by atoms with Crippen LogP contribution < -0.4 is 20.1 Å². The van der Waals surface area contributed by atoms with Gasteiger partial charge in [-0.15, -0.1) is 0 Å². The molecule has 0 saturated heterocycles. The molecule has 2 aliphatic heterocycles. The van der Waals surface area contributed by atoms with Crippen LogP contribution in [0.2, 0.25) is 20.1 Å². The summed E-state index contributed by atoms with van der Waals surface area (Å²) in [6, 6.07) is 20.7. The van der Waals surface area contributed by atoms with Crippen LogP contribution in [0.25, 0.3) is 0 Å². The van der Waals surface area contributed by atoms with Gasteiger partial charge in [-0.3, -0.25) is 0 Å². The lowest BCUT2D eigenvalue weighted by molar-refractivity contribution is 0.0504. The first kappa shape index (κ1) is 52.3. The molecule has 6 rings (SSSR count). The molecule has 2 aliphatic rings. The van der Waals surface area contributed by atoms with Crippen LogP contribution in [0.5, 0.6) is 0 Å². The number of ether oxygens (including phenoxy) is 4. The van der Waals surface area contributed by atoms with Crippen molar-refractivity contribution in [3.8, 4) is 0 Å². The highest BCUT2D eigenvalue weighted by Gasteiger charge is 2.30. The molecule has 0 aliphatic carbocycles. The van der Waals surface area contributed by atoms with Crippen molar-refractivity contribution in [1.82, 2.24) is 29.9 Å². The standard InChI is InChI=1S/C45H56Cl4N6O9S2/c1-54-27-39(37-23-33(46)25-43(48)41(37)29-54)31-5-3-7-35(21-31)65(57,58)52-11-15-63-19-17-61-13-9-50-45(56)51-10-14-62-18-20-64-16-12-53-66(59,60)36-8-4-6-32(22-36)40-28-55(2)30-42-38(40)24-34(47)26-44(42)49/h3-8,21-26,39-40,52-53H,9-20,27-30H2,1-2H3,(H2,50,51,56). The van der Waals surface area contributed by atoms with Gasteiger partial charge >= 0.3 is 6.03 Å². The van der Waals surface area contributed by atoms with Crippen LogP contribution in [-0.2, 0) is 52.1 Å². The van der Waals surface area contributed by atoms with Crippen LogP contribution in [0.1, 0.15) is 45.2 Å². The minimum absolute atomic E-state index is 0.0788. The van der Waals surface area contributed by atoms with Gasteiger partial charge < -0.3 is 39.4 Å². The molecule has 0 bridgehead atoms. The van der Waals surface area contributed by atoms with Gasteiger partial charge in [0.1, 0.15) is 0 Å². The van der Waals surface area contributed by atoms with Gasteiger partial charge in [0, 0.05) is 84.3 Å². The molecule has 2 heterocycles. The Morgan fingerprint density at radius 3 is 1.33 bits per heavy atom. The highest BCUT2D eigenvalue weighted by molar-refractivity contribution is 7.89. The molecular weight excluding hydrogens is 974 g/mol. The number of fused-ring (bicyclic) bond motifs is 2. The predicted molar refractivity (Wildman–Crippen MR) is 257 cm³/mol. The normalized spacial score (nSPS) is 16.8. The average molecular weight is 1030 g/mol. The lowest BCUT2D eigenvalue weighted by Crippen LogP contribution is -2.39. The zero-order valence-electron chi connectivity index (χ0n) is 36.8. The van der Waals surface area contributed by atoms with Crippen molar-refractivity contribution < 1.29 is 40.6 Å². The van der Waals surface area contributed by atoms with Crippen molar-refractivity contribution in [1.29, 1.82) is 0 Å². The summed E-state index contributed by atoms with van der Waals surface area (Å²) in [5.74, 6) is -0.186. The summed E-state index contributed by atoms with van der Waals surface area (Å²) in [5, 5.41) is 7.65. The van der Waals surface area contributed by atoms with E-state index in [-0.39, 0.29) is 107 Å². The van der Waals surface area contributed by atoms with E-state index in [0.717, 1.165) is 33.4 Å². The van der Waals surface area contributed by atoms with E-state index in [1.807, 2.05) is 38.4 Å². The van der Waals surface area contributed by atoms with Gasteiger partial charge in [-0.05, 0) is 96.0 Å². The van der Waals surface area contributed by atoms with Crippen LogP contribution in [0.3, 0.4) is 0 Å². The number of likely N-dealkylation sites (N-methyl/N-ethyl adjacent to an activating group) is 2. The van der Waals surface area contributed by atoms with E-state index in [9.17, 15) is 21.6 Å². The third-order valence-electron chi connectivity index (χ3n) is 11.0. The molecule has 2 amide bonds. The van der Waals surface area contributed by atoms with Crippen LogP contribution in [0.15, 0.2) is 82.6 Å². The van der Waals surface area contributed by atoms with Crippen molar-refractivity contribution in [2.24, 2.45) is 0 Å². The van der Waals surface area contributed by atoms with E-state index in [1.54, 1.807) is 48.5 Å². The molecule has 66 heavy (non-hydrogen) atoms. The van der Waals surface area contributed by atoms with Gasteiger partial charge in [-0.1, -0.05) is 70.7 Å². The minimum atomic E-state index is -3.79. The Morgan fingerprint density at radius 2 is 0.939 bits per heavy atom. The minimum Gasteiger partial charge on any atom is -0.378 e. The molecule has 4 aromatic carbocycles. The lowest BCUT2D eigenvalue weighted by Gasteiger charge is -2.33. The second-order valence-electron chi connectivity index (χ2n) is 16.0. The quantitative estimate of drug-likeness (QED) is 0.0599. The molecule has 2 atom stereocenters. The molecule has 15 nitrogen and oxygen atoms in total. The summed E-state index contributed by atoms with van der Waals surface area (Å²) in [7, 11) is -3.58. The second-order valence-corrected chi connectivity index (χ2v) is 21.2. The highest BCUT2D eigenvalue weighted by Crippen LogP contribution is 2.40. The Kier molecular flexibility index (Phi) is 19.8. The summed E-state index contributed by atoms with van der Waals surface area (Å²) in [5.41, 5.74) is 5.68. The van der Waals surface area contributed by atoms with Crippen molar-refractivity contribution in [2.45, 2.75) is 34.7 Å². The van der Waals surface area contributed by atoms with Crippen molar-refractivity contribution in [2.75, 3.05) is 106 Å². The average Bonchev–Trinajstić information content (AvgIpc) is 3.27. The van der Waals surface area contributed by atoms with Crippen molar-refractivity contribution >= 4 is 72.5 Å². The van der Waals surface area contributed by atoms with Gasteiger partial charge in [-0.25, -0.2) is 31.1 Å². The molecule has 0 spiro atoms. The third-order valence-corrected chi connectivity index (χ3v) is 15.0. The molecular formula is C45H56Cl4N6O9S2. The molecule has 0 saturated carbocycles. The number of sulfonamides is 2. The summed E-state index contributed by atoms with van der Waals surface area (Å²) < 4.78 is 79.7. The number of hydrogen-bond acceptors (Lipinski definition) is 11. The molecule has 360 valence electrons. The number of amides is 2. The van der Waals surface area contributed by atoms with E-state index in [2.05, 4.69) is 29.9 Å². The maximum Gasteiger partial charge on any atom is 0.314 e. The van der Waals surface area contributed by atoms with Crippen LogP contribution in [-0.4, -0.2) is 139 Å². The van der Waals surface area contributed by atoms with E-state index < -0.39 is 20.0 Å². The van der Waals surface area contributed by atoms with Crippen molar-refractivity contribution in [3.63, 3.8) is 0 Å². The van der Waals surface area contributed by atoms with Gasteiger partial charge in [0.05, 0.1) is 62.6 Å². The Labute approximate surface area is 407 Å². The Balaban J connectivity index is 0.760. The van der Waals surface area contributed by atoms with Gasteiger partial charge in [0.2, 0.25) is 20.0 Å². The molecule has 4 aromatic rings. The zero-order chi connectivity index (χ0) is 47.3. The number of rotatable bonds is 24. The fourth-order valence-corrected chi connectivity index (χ4v) is 11.2. The first-order valence-electron chi connectivity index (χ1n) is 21.5. The number of halogens is 4. The third kappa shape index (κ3) is 14.9. The Morgan fingerprint density at radius 1 is 0.561 bits per heavy atom. The summed E-state index contributed by atoms with van der Waals surface area (Å²) in [4.78, 5) is 16.7. The van der Waals surface area contributed by atoms with Gasteiger partial charge in [0.15, 0.2) is 0 Å². The van der Waals surface area contributed by atoms with E-state index in [1.165, 1.54) is 0 Å². The highest BCUT2D eigenvalue weighted by atomic mass is 35.5. The number of benzene rings is 4. The smallest absolute Gasteiger partial charge is 0.314 e. The molecule has 0 radical (unpaired) electrons. The van der Waals surface area contributed by atoms with Crippen LogP contribution in [0.4, 0.5) is 4.79 Å². The summed E-state index contributed by atoms with van der Waals surface area (Å²) in [6.45, 7) is 5.29. The Hall–Kier alpha value is -3.11. The lowest BCUT2D eigenvalue weighted by atomic mass is 9.85. The number of nitrogens with zero attached hydrogens (tertiary/aromatic N) is 2. The first-order chi connectivity index (χ1) is 31.6. The Bertz CT molecular complexity index is 2340. The monoisotopic (exact) mass is 1030 g/mol. The number of hydrogen-bond donors (Lipinski definition) is 4. The zero-order valence-corrected chi connectivity index (χ0v) is 41.5. The van der Waals surface area contributed by atoms with Crippen molar-refractivity contribution in [3.05, 3.63) is 126 Å². The van der Waals surface area contributed by atoms with E-state index >= 15 is 0 Å². The molecule has 0 aromatic heterocycles. The number of urea groups is 1. The number of carbonyl (C=O) groups excluding carboxylic acids is 1. The maximum absolute atomic E-state index is 13.1. The number of carbonyl (C=O) groups is 1. The molecule has 21 heteroatoms. The second kappa shape index (κ2) is 25.0. The molecule has 2 unspecified atom stereocenters. The van der Waals surface area contributed by atoms with E-state index in [4.69, 9.17) is 65.4 Å². The summed E-state index contributed by atoms with van der Waals surface area (Å²) in [6.07, 6.45) is 0. The SMILES string of the molecule is CN1Cc2c(Cl)cc(Cl)cc2C(c2cccc(S(=O)(=O)NCCOCCOCCNC(=O)NCCOCCOCCNS(=O)(=O)c3cccc(C4CN(C)Cc5c(Cl)cc(Cl)cc54)c3)c2)C1. The largest absolute Gasteiger partial charge is 0.378 e. The fourth-order valence-electron chi connectivity index (χ4n) is 7.90. The van der Waals surface area contributed by atoms with Gasteiger partial charge in [0.25, 0.3) is 0 Å². The molecule has 4 N–H and O–H groups in total. The van der Waals surface area contributed by atoms with Gasteiger partial charge in [-0.2, -0.15) is 0 Å².